The van der Waals surface area contributed by atoms with Gasteiger partial charge in [-0.25, -0.2) is 4.68 Å². The number of aliphatic carboxylic acids is 1. The molecule has 1 unspecified atom stereocenters. The zero-order chi connectivity index (χ0) is 12.8. The van der Waals surface area contributed by atoms with Crippen LogP contribution in [0.15, 0.2) is 6.20 Å². The number of nitrogens with zero attached hydrogens (tertiary/aromatic N) is 3. The largest absolute Gasteiger partial charge is 0.481 e. The van der Waals surface area contributed by atoms with E-state index in [9.17, 15) is 9.59 Å². The third kappa shape index (κ3) is 4.19. The van der Waals surface area contributed by atoms with Crippen LogP contribution in [0.3, 0.4) is 0 Å². The Morgan fingerprint density at radius 2 is 2.35 bits per heavy atom. The summed E-state index contributed by atoms with van der Waals surface area (Å²) >= 11 is 0. The predicted octanol–water partition coefficient (Wildman–Crippen LogP) is -1.43. The molecule has 1 aromatic rings. The van der Waals surface area contributed by atoms with Gasteiger partial charge in [0, 0.05) is 13.1 Å². The summed E-state index contributed by atoms with van der Waals surface area (Å²) in [5.74, 6) is -1.88. The number of carboxylic acids is 1. The van der Waals surface area contributed by atoms with Crippen LogP contribution in [0.2, 0.25) is 0 Å². The number of nitrogens with two attached hydrogens (primary N) is 1. The van der Waals surface area contributed by atoms with E-state index < -0.39 is 11.9 Å². The number of hydrogen-bond donors (Lipinski definition) is 3. The first kappa shape index (κ1) is 13.1. The second-order valence-electron chi connectivity index (χ2n) is 3.65. The van der Waals surface area contributed by atoms with Crippen molar-refractivity contribution in [3.63, 3.8) is 0 Å². The quantitative estimate of drug-likeness (QED) is 0.561. The molecule has 0 saturated heterocycles. The first-order valence-corrected chi connectivity index (χ1v) is 5.11. The minimum absolute atomic E-state index is 0.000656. The van der Waals surface area contributed by atoms with Crippen LogP contribution in [-0.2, 0) is 22.7 Å². The Morgan fingerprint density at radius 1 is 1.65 bits per heavy atom. The first-order chi connectivity index (χ1) is 8.02. The molecule has 0 aliphatic rings. The van der Waals surface area contributed by atoms with E-state index in [4.69, 9.17) is 10.8 Å². The topological polar surface area (TPSA) is 123 Å². The molecule has 1 heterocycles. The normalized spacial score (nSPS) is 12.1. The van der Waals surface area contributed by atoms with Crippen molar-refractivity contribution in [1.82, 2.24) is 20.3 Å². The van der Waals surface area contributed by atoms with Crippen molar-refractivity contribution >= 4 is 11.9 Å². The molecule has 8 heteroatoms. The third-order valence-corrected chi connectivity index (χ3v) is 2.13. The van der Waals surface area contributed by atoms with Gasteiger partial charge in [-0.3, -0.25) is 9.59 Å². The fraction of sp³-hybridized carbons (Fsp3) is 0.556. The fourth-order valence-electron chi connectivity index (χ4n) is 1.07. The van der Waals surface area contributed by atoms with Gasteiger partial charge in [0.05, 0.1) is 17.8 Å². The number of amides is 1. The molecule has 4 N–H and O–H groups in total. The molecule has 0 saturated carbocycles. The minimum Gasteiger partial charge on any atom is -0.481 e. The zero-order valence-electron chi connectivity index (χ0n) is 9.46. The highest BCUT2D eigenvalue weighted by atomic mass is 16.4. The lowest BCUT2D eigenvalue weighted by molar-refractivity contribution is -0.141. The summed E-state index contributed by atoms with van der Waals surface area (Å²) in [6.45, 7) is 1.87. The van der Waals surface area contributed by atoms with Crippen LogP contribution >= 0.6 is 0 Å². The number of hydrogen-bond acceptors (Lipinski definition) is 5. The molecule has 0 aliphatic carbocycles. The fourth-order valence-corrected chi connectivity index (χ4v) is 1.07. The molecule has 0 radical (unpaired) electrons. The monoisotopic (exact) mass is 241 g/mol. The summed E-state index contributed by atoms with van der Waals surface area (Å²) in [4.78, 5) is 21.9. The van der Waals surface area contributed by atoms with Crippen molar-refractivity contribution < 1.29 is 14.7 Å². The molecule has 1 amide bonds. The molecule has 0 aliphatic heterocycles. The average Bonchev–Trinajstić information content (AvgIpc) is 2.73. The molecule has 1 rings (SSSR count). The van der Waals surface area contributed by atoms with Crippen molar-refractivity contribution in [2.24, 2.45) is 11.7 Å². The van der Waals surface area contributed by atoms with Crippen LogP contribution in [0.1, 0.15) is 12.6 Å². The molecule has 8 nitrogen and oxygen atoms in total. The summed E-state index contributed by atoms with van der Waals surface area (Å²) in [5.41, 5.74) is 5.94. The van der Waals surface area contributed by atoms with Crippen LogP contribution < -0.4 is 11.1 Å². The summed E-state index contributed by atoms with van der Waals surface area (Å²) < 4.78 is 1.35. The summed E-state index contributed by atoms with van der Waals surface area (Å²) in [5, 5.41) is 18.6. The van der Waals surface area contributed by atoms with Crippen LogP contribution in [-0.4, -0.2) is 38.5 Å². The van der Waals surface area contributed by atoms with Crippen molar-refractivity contribution in [3.8, 4) is 0 Å². The van der Waals surface area contributed by atoms with E-state index >= 15 is 0 Å². The maximum absolute atomic E-state index is 11.4. The Kier molecular flexibility index (Phi) is 4.58. The van der Waals surface area contributed by atoms with Gasteiger partial charge < -0.3 is 16.2 Å². The number of rotatable bonds is 6. The molecule has 0 fully saturated rings. The maximum Gasteiger partial charge on any atom is 0.308 e. The Morgan fingerprint density at radius 3 is 2.88 bits per heavy atom. The maximum atomic E-state index is 11.4. The lowest BCUT2D eigenvalue weighted by Gasteiger charge is -2.07. The van der Waals surface area contributed by atoms with E-state index in [-0.39, 0.29) is 25.5 Å². The van der Waals surface area contributed by atoms with Crippen LogP contribution in [0, 0.1) is 5.92 Å². The van der Waals surface area contributed by atoms with Gasteiger partial charge in [0.1, 0.15) is 6.54 Å². The Hall–Kier alpha value is -1.96. The zero-order valence-corrected chi connectivity index (χ0v) is 9.46. The van der Waals surface area contributed by atoms with Gasteiger partial charge in [-0.05, 0) is 0 Å². The van der Waals surface area contributed by atoms with Crippen molar-refractivity contribution in [1.29, 1.82) is 0 Å². The van der Waals surface area contributed by atoms with Gasteiger partial charge in [-0.15, -0.1) is 5.10 Å². The van der Waals surface area contributed by atoms with Crippen molar-refractivity contribution in [3.05, 3.63) is 11.9 Å². The average molecular weight is 241 g/mol. The number of nitrogens with one attached hydrogen (secondary N) is 1. The Balaban J connectivity index is 2.37. The second-order valence-corrected chi connectivity index (χ2v) is 3.65. The Bertz CT molecular complexity index is 403. The minimum atomic E-state index is -0.948. The highest BCUT2D eigenvalue weighted by Crippen LogP contribution is 1.93. The predicted molar refractivity (Wildman–Crippen MR) is 57.7 cm³/mol. The van der Waals surface area contributed by atoms with Gasteiger partial charge in [0.2, 0.25) is 5.91 Å². The molecule has 1 atom stereocenters. The van der Waals surface area contributed by atoms with Gasteiger partial charge in [0.15, 0.2) is 0 Å². The van der Waals surface area contributed by atoms with Crippen molar-refractivity contribution in [2.75, 3.05) is 6.54 Å². The van der Waals surface area contributed by atoms with Crippen LogP contribution in [0.25, 0.3) is 0 Å². The van der Waals surface area contributed by atoms with Crippen molar-refractivity contribution in [2.45, 2.75) is 20.0 Å². The smallest absolute Gasteiger partial charge is 0.308 e. The first-order valence-electron chi connectivity index (χ1n) is 5.11. The van der Waals surface area contributed by atoms with E-state index in [1.807, 2.05) is 0 Å². The summed E-state index contributed by atoms with van der Waals surface area (Å²) in [6, 6.07) is 0. The molecular formula is C9H15N5O3. The number of aromatic nitrogens is 3. The molecule has 0 aromatic carbocycles. The second kappa shape index (κ2) is 5.94. The van der Waals surface area contributed by atoms with E-state index in [0.717, 1.165) is 0 Å². The molecule has 1 aromatic heterocycles. The molecule has 94 valence electrons. The lowest BCUT2D eigenvalue weighted by atomic mass is 10.2. The molecule has 0 spiro atoms. The highest BCUT2D eigenvalue weighted by Gasteiger charge is 2.12. The number of carbonyl (C=O) groups excluding carboxylic acids is 1. The number of carboxylic acid groups (broad SMARTS) is 1. The van der Waals surface area contributed by atoms with E-state index in [1.165, 1.54) is 11.6 Å². The molecular weight excluding hydrogens is 226 g/mol. The molecule has 17 heavy (non-hydrogen) atoms. The number of carbonyl (C=O) groups is 2. The summed E-state index contributed by atoms with van der Waals surface area (Å²) in [7, 11) is 0. The molecule has 0 bridgehead atoms. The standard InChI is InChI=1S/C9H15N5O3/c1-6(9(16)17)3-11-8(15)5-14-4-7(2-10)12-13-14/h4,6H,2-3,5,10H2,1H3,(H,11,15)(H,16,17). The summed E-state index contributed by atoms with van der Waals surface area (Å²) in [6.07, 6.45) is 1.57. The third-order valence-electron chi connectivity index (χ3n) is 2.13. The van der Waals surface area contributed by atoms with Gasteiger partial charge in [-0.2, -0.15) is 0 Å². The van der Waals surface area contributed by atoms with Gasteiger partial charge in [0.25, 0.3) is 0 Å². The van der Waals surface area contributed by atoms with Crippen LogP contribution in [0.5, 0.6) is 0 Å². The lowest BCUT2D eigenvalue weighted by Crippen LogP contribution is -2.33. The van der Waals surface area contributed by atoms with E-state index in [1.54, 1.807) is 6.20 Å². The Labute approximate surface area is 97.8 Å². The van der Waals surface area contributed by atoms with E-state index in [0.29, 0.717) is 5.69 Å². The van der Waals surface area contributed by atoms with E-state index in [2.05, 4.69) is 15.6 Å². The van der Waals surface area contributed by atoms with Gasteiger partial charge >= 0.3 is 5.97 Å². The SMILES string of the molecule is CC(CNC(=O)Cn1cc(CN)nn1)C(=O)O. The van der Waals surface area contributed by atoms with Crippen LogP contribution in [0.4, 0.5) is 0 Å². The van der Waals surface area contributed by atoms with Gasteiger partial charge in [-0.1, -0.05) is 12.1 Å². The highest BCUT2D eigenvalue weighted by molar-refractivity contribution is 5.77.